The summed E-state index contributed by atoms with van der Waals surface area (Å²) in [4.78, 5) is 0. The molecular weight excluding hydrogens is 155 g/mol. The van der Waals surface area contributed by atoms with E-state index in [1.54, 1.807) is 0 Å². The van der Waals surface area contributed by atoms with Crippen molar-refractivity contribution in [3.63, 3.8) is 0 Å². The zero-order valence-electron chi connectivity index (χ0n) is 5.64. The maximum Gasteiger partial charge on any atom is 0.225 e. The Morgan fingerprint density at radius 3 is 2.78 bits per heavy atom. The van der Waals surface area contributed by atoms with E-state index in [-0.39, 0.29) is 0 Å². The second-order valence-electron chi connectivity index (χ2n) is 1.35. The lowest BCUT2D eigenvalue weighted by atomic mass is 11.0. The van der Waals surface area contributed by atoms with E-state index in [1.807, 2.05) is 6.92 Å². The molecular formula is C5H11O2PS. The van der Waals surface area contributed by atoms with E-state index in [0.717, 1.165) is 5.75 Å². The predicted molar refractivity (Wildman–Crippen MR) is 43.3 cm³/mol. The Bertz CT molecular complexity index is 124. The zero-order valence-corrected chi connectivity index (χ0v) is 7.46. The van der Waals surface area contributed by atoms with Crippen LogP contribution in [0, 0.1) is 0 Å². The highest BCUT2D eigenvalue weighted by Gasteiger charge is 2.00. The number of hydrogen-bond donors (Lipinski definition) is 0. The van der Waals surface area contributed by atoms with Gasteiger partial charge in [-0.05, 0) is 5.75 Å². The largest absolute Gasteiger partial charge is 0.330 e. The summed E-state index contributed by atoms with van der Waals surface area (Å²) < 4.78 is 16.0. The minimum absolute atomic E-state index is 0.657. The minimum Gasteiger partial charge on any atom is -0.330 e. The molecule has 0 rings (SSSR count). The highest BCUT2D eigenvalue weighted by Crippen LogP contribution is 2.38. The molecule has 0 aromatic heterocycles. The van der Waals surface area contributed by atoms with Crippen molar-refractivity contribution in [2.75, 3.05) is 12.9 Å². The second kappa shape index (κ2) is 5.10. The van der Waals surface area contributed by atoms with E-state index in [2.05, 4.69) is 11.1 Å². The molecule has 0 saturated carbocycles. The molecule has 0 bridgehead atoms. The van der Waals surface area contributed by atoms with Gasteiger partial charge in [0.25, 0.3) is 0 Å². The average Bonchev–Trinajstić information content (AvgIpc) is 1.87. The van der Waals surface area contributed by atoms with Crippen molar-refractivity contribution in [2.45, 2.75) is 6.92 Å². The van der Waals surface area contributed by atoms with Gasteiger partial charge in [-0.1, -0.05) is 13.5 Å². The standard InChI is InChI=1S/C5H11O2PS/c1-4-9-5(2)8(6)7-3/h8H,2,4H2,1,3H3. The first-order valence-corrected chi connectivity index (χ1v) is 4.92. The molecule has 0 aliphatic rings. The van der Waals surface area contributed by atoms with Gasteiger partial charge in [-0.15, -0.1) is 11.8 Å². The van der Waals surface area contributed by atoms with Crippen molar-refractivity contribution in [2.24, 2.45) is 0 Å². The van der Waals surface area contributed by atoms with Crippen LogP contribution in [0.4, 0.5) is 0 Å². The molecule has 0 heterocycles. The maximum atomic E-state index is 10.7. The van der Waals surface area contributed by atoms with Gasteiger partial charge >= 0.3 is 0 Å². The van der Waals surface area contributed by atoms with Crippen molar-refractivity contribution in [3.8, 4) is 0 Å². The molecule has 54 valence electrons. The molecule has 0 radical (unpaired) electrons. The Labute approximate surface area is 60.5 Å². The minimum atomic E-state index is -1.95. The van der Waals surface area contributed by atoms with Crippen LogP contribution in [0.5, 0.6) is 0 Å². The van der Waals surface area contributed by atoms with Crippen LogP contribution >= 0.6 is 19.8 Å². The van der Waals surface area contributed by atoms with Gasteiger partial charge in [-0.3, -0.25) is 4.57 Å². The first kappa shape index (κ1) is 9.28. The van der Waals surface area contributed by atoms with Crippen LogP contribution in [-0.4, -0.2) is 12.9 Å². The van der Waals surface area contributed by atoms with Crippen LogP contribution < -0.4 is 0 Å². The topological polar surface area (TPSA) is 26.3 Å². The quantitative estimate of drug-likeness (QED) is 0.599. The van der Waals surface area contributed by atoms with Gasteiger partial charge in [-0.2, -0.15) is 0 Å². The van der Waals surface area contributed by atoms with Gasteiger partial charge < -0.3 is 4.52 Å². The molecule has 0 aromatic rings. The SMILES string of the molecule is C=C(SCC)[PH](=O)OC. The van der Waals surface area contributed by atoms with Gasteiger partial charge in [0.05, 0.1) is 4.65 Å². The van der Waals surface area contributed by atoms with Crippen LogP contribution in [0.25, 0.3) is 0 Å². The van der Waals surface area contributed by atoms with E-state index in [4.69, 9.17) is 0 Å². The monoisotopic (exact) mass is 166 g/mol. The Morgan fingerprint density at radius 2 is 2.44 bits per heavy atom. The Morgan fingerprint density at radius 1 is 1.89 bits per heavy atom. The average molecular weight is 166 g/mol. The summed E-state index contributed by atoms with van der Waals surface area (Å²) in [5.41, 5.74) is 0. The summed E-state index contributed by atoms with van der Waals surface area (Å²) in [6.45, 7) is 5.57. The van der Waals surface area contributed by atoms with Crippen LogP contribution in [0.2, 0.25) is 0 Å². The highest BCUT2D eigenvalue weighted by molar-refractivity contribution is 8.08. The van der Waals surface area contributed by atoms with Crippen LogP contribution in [0.15, 0.2) is 11.2 Å². The normalized spacial score (nSPS) is 13.1. The second-order valence-corrected chi connectivity index (χ2v) is 4.66. The fourth-order valence-electron chi connectivity index (χ4n) is 0.347. The van der Waals surface area contributed by atoms with E-state index in [0.29, 0.717) is 4.65 Å². The summed E-state index contributed by atoms with van der Waals surface area (Å²) in [6.07, 6.45) is 0. The molecule has 0 saturated heterocycles. The van der Waals surface area contributed by atoms with Crippen LogP contribution in [0.1, 0.15) is 6.92 Å². The number of rotatable bonds is 4. The van der Waals surface area contributed by atoms with Crippen molar-refractivity contribution >= 4 is 19.8 Å². The van der Waals surface area contributed by atoms with Crippen LogP contribution in [-0.2, 0) is 9.09 Å². The van der Waals surface area contributed by atoms with Gasteiger partial charge in [0.15, 0.2) is 0 Å². The third-order valence-corrected chi connectivity index (χ3v) is 3.13. The lowest BCUT2D eigenvalue weighted by Crippen LogP contribution is -1.70. The summed E-state index contributed by atoms with van der Waals surface area (Å²) in [7, 11) is -0.518. The molecule has 0 aromatic carbocycles. The van der Waals surface area contributed by atoms with Gasteiger partial charge in [0.1, 0.15) is 0 Å². The maximum absolute atomic E-state index is 10.7. The summed E-state index contributed by atoms with van der Waals surface area (Å²) in [5.74, 6) is 0.901. The van der Waals surface area contributed by atoms with Crippen molar-refractivity contribution in [1.82, 2.24) is 0 Å². The van der Waals surface area contributed by atoms with E-state index < -0.39 is 8.03 Å². The van der Waals surface area contributed by atoms with E-state index in [1.165, 1.54) is 18.9 Å². The highest BCUT2D eigenvalue weighted by atomic mass is 32.2. The molecule has 0 aliphatic carbocycles. The molecule has 1 atom stereocenters. The third kappa shape index (κ3) is 3.79. The Hall–Kier alpha value is 0.280. The molecule has 1 unspecified atom stereocenters. The molecule has 0 N–H and O–H groups in total. The zero-order chi connectivity index (χ0) is 7.28. The molecule has 0 spiro atoms. The molecule has 2 nitrogen and oxygen atoms in total. The Balaban J connectivity index is 3.60. The molecule has 0 amide bonds. The fourth-order valence-corrected chi connectivity index (χ4v) is 2.08. The first-order chi connectivity index (χ1) is 4.22. The van der Waals surface area contributed by atoms with Gasteiger partial charge in [0.2, 0.25) is 8.03 Å². The lowest BCUT2D eigenvalue weighted by molar-refractivity contribution is 0.422. The fraction of sp³-hybridized carbons (Fsp3) is 0.600. The Kier molecular flexibility index (Phi) is 5.25. The van der Waals surface area contributed by atoms with Crippen LogP contribution in [0.3, 0.4) is 0 Å². The smallest absolute Gasteiger partial charge is 0.225 e. The summed E-state index contributed by atoms with van der Waals surface area (Å²) in [6, 6.07) is 0. The first-order valence-electron chi connectivity index (χ1n) is 2.62. The van der Waals surface area contributed by atoms with Gasteiger partial charge in [0, 0.05) is 7.11 Å². The van der Waals surface area contributed by atoms with Gasteiger partial charge in [-0.25, -0.2) is 0 Å². The third-order valence-electron chi connectivity index (χ3n) is 0.732. The number of hydrogen-bond acceptors (Lipinski definition) is 3. The van der Waals surface area contributed by atoms with E-state index in [9.17, 15) is 4.57 Å². The van der Waals surface area contributed by atoms with E-state index >= 15 is 0 Å². The number of thioether (sulfide) groups is 1. The predicted octanol–water partition coefficient (Wildman–Crippen LogP) is 2.33. The van der Waals surface area contributed by atoms with Crippen molar-refractivity contribution in [1.29, 1.82) is 0 Å². The lowest BCUT2D eigenvalue weighted by Gasteiger charge is -1.99. The molecule has 4 heteroatoms. The van der Waals surface area contributed by atoms with Crippen molar-refractivity contribution < 1.29 is 9.09 Å². The van der Waals surface area contributed by atoms with Crippen molar-refractivity contribution in [3.05, 3.63) is 11.2 Å². The molecule has 9 heavy (non-hydrogen) atoms. The summed E-state index contributed by atoms with van der Waals surface area (Å²) >= 11 is 1.48. The molecule has 0 aliphatic heterocycles. The molecule has 0 fully saturated rings. The summed E-state index contributed by atoms with van der Waals surface area (Å²) in [5, 5.41) is 0.